The van der Waals surface area contributed by atoms with Crippen LogP contribution in [0.1, 0.15) is 12.5 Å². The summed E-state index contributed by atoms with van der Waals surface area (Å²) in [6.45, 7) is 4.80. The Kier molecular flexibility index (Phi) is 3.92. The molecule has 2 aliphatic rings. The van der Waals surface area contributed by atoms with Gasteiger partial charge >= 0.3 is 0 Å². The lowest BCUT2D eigenvalue weighted by atomic mass is 10.0. The highest BCUT2D eigenvalue weighted by Crippen LogP contribution is 2.16. The number of fused-ring (bicyclic) bond motifs is 1. The summed E-state index contributed by atoms with van der Waals surface area (Å²) in [5, 5.41) is 2.77. The SMILES string of the molecule is C[C@@H]1NC(=O)[C@H]2CN(CCc3ccccc3)CCN2C1=O. The summed E-state index contributed by atoms with van der Waals surface area (Å²) in [4.78, 5) is 28.2. The van der Waals surface area contributed by atoms with Crippen LogP contribution in [0.25, 0.3) is 0 Å². The highest BCUT2D eigenvalue weighted by molar-refractivity contribution is 5.97. The molecular formula is C16H21N3O2. The number of carbonyl (C=O) groups is 2. The molecule has 2 saturated heterocycles. The van der Waals surface area contributed by atoms with Crippen molar-refractivity contribution in [3.05, 3.63) is 35.9 Å². The van der Waals surface area contributed by atoms with Crippen LogP contribution in [0.3, 0.4) is 0 Å². The van der Waals surface area contributed by atoms with Gasteiger partial charge in [-0.2, -0.15) is 0 Å². The molecule has 0 bridgehead atoms. The summed E-state index contributed by atoms with van der Waals surface area (Å²) >= 11 is 0. The van der Waals surface area contributed by atoms with Crippen LogP contribution in [-0.2, 0) is 16.0 Å². The van der Waals surface area contributed by atoms with Crippen molar-refractivity contribution in [2.75, 3.05) is 26.2 Å². The number of amides is 2. The molecule has 0 unspecified atom stereocenters. The Balaban J connectivity index is 1.59. The summed E-state index contributed by atoms with van der Waals surface area (Å²) in [5.41, 5.74) is 1.30. The van der Waals surface area contributed by atoms with Gasteiger partial charge in [-0.25, -0.2) is 0 Å². The Hall–Kier alpha value is -1.88. The first-order valence-electron chi connectivity index (χ1n) is 7.52. The van der Waals surface area contributed by atoms with E-state index >= 15 is 0 Å². The van der Waals surface area contributed by atoms with Crippen molar-refractivity contribution < 1.29 is 9.59 Å². The highest BCUT2D eigenvalue weighted by Gasteiger charge is 2.41. The van der Waals surface area contributed by atoms with Gasteiger partial charge in [0.15, 0.2) is 0 Å². The number of hydrogen-bond acceptors (Lipinski definition) is 3. The molecule has 2 atom stereocenters. The average Bonchev–Trinajstić information content (AvgIpc) is 2.51. The van der Waals surface area contributed by atoms with E-state index in [1.54, 1.807) is 11.8 Å². The van der Waals surface area contributed by atoms with E-state index in [4.69, 9.17) is 0 Å². The minimum absolute atomic E-state index is 0.0217. The molecule has 2 fully saturated rings. The molecule has 2 amide bonds. The Labute approximate surface area is 124 Å². The Morgan fingerprint density at radius 2 is 1.95 bits per heavy atom. The molecule has 112 valence electrons. The van der Waals surface area contributed by atoms with Crippen molar-refractivity contribution in [2.24, 2.45) is 0 Å². The second-order valence-electron chi connectivity index (χ2n) is 5.81. The van der Waals surface area contributed by atoms with Crippen molar-refractivity contribution in [3.8, 4) is 0 Å². The molecule has 0 radical (unpaired) electrons. The number of hydrogen-bond donors (Lipinski definition) is 1. The third-order valence-electron chi connectivity index (χ3n) is 4.34. The number of rotatable bonds is 3. The van der Waals surface area contributed by atoms with Crippen molar-refractivity contribution in [1.29, 1.82) is 0 Å². The van der Waals surface area contributed by atoms with Crippen LogP contribution >= 0.6 is 0 Å². The maximum Gasteiger partial charge on any atom is 0.245 e. The van der Waals surface area contributed by atoms with Gasteiger partial charge in [-0.05, 0) is 18.9 Å². The van der Waals surface area contributed by atoms with Crippen LogP contribution in [0.4, 0.5) is 0 Å². The summed E-state index contributed by atoms with van der Waals surface area (Å²) in [7, 11) is 0. The lowest BCUT2D eigenvalue weighted by Crippen LogP contribution is -2.68. The fraction of sp³-hybridized carbons (Fsp3) is 0.500. The van der Waals surface area contributed by atoms with E-state index in [9.17, 15) is 9.59 Å². The zero-order chi connectivity index (χ0) is 14.8. The zero-order valence-electron chi connectivity index (χ0n) is 12.3. The fourth-order valence-corrected chi connectivity index (χ4v) is 3.08. The van der Waals surface area contributed by atoms with Gasteiger partial charge in [0, 0.05) is 26.2 Å². The minimum Gasteiger partial charge on any atom is -0.343 e. The summed E-state index contributed by atoms with van der Waals surface area (Å²) < 4.78 is 0. The van der Waals surface area contributed by atoms with Crippen molar-refractivity contribution in [2.45, 2.75) is 25.4 Å². The van der Waals surface area contributed by atoms with Gasteiger partial charge < -0.3 is 10.2 Å². The van der Waals surface area contributed by atoms with Gasteiger partial charge in [0.2, 0.25) is 11.8 Å². The van der Waals surface area contributed by atoms with Crippen molar-refractivity contribution in [3.63, 3.8) is 0 Å². The van der Waals surface area contributed by atoms with Gasteiger partial charge in [-0.1, -0.05) is 30.3 Å². The van der Waals surface area contributed by atoms with Gasteiger partial charge in [-0.3, -0.25) is 14.5 Å². The molecule has 2 aliphatic heterocycles. The summed E-state index contributed by atoms with van der Waals surface area (Å²) in [6, 6.07) is 9.64. The molecule has 0 saturated carbocycles. The predicted molar refractivity (Wildman–Crippen MR) is 79.7 cm³/mol. The second kappa shape index (κ2) is 5.85. The van der Waals surface area contributed by atoms with E-state index in [2.05, 4.69) is 22.3 Å². The molecule has 1 aromatic carbocycles. The quantitative estimate of drug-likeness (QED) is 0.867. The van der Waals surface area contributed by atoms with Crippen molar-refractivity contribution in [1.82, 2.24) is 15.1 Å². The largest absolute Gasteiger partial charge is 0.343 e. The third kappa shape index (κ3) is 2.93. The molecule has 1 aromatic rings. The molecule has 0 aliphatic carbocycles. The molecule has 1 N–H and O–H groups in total. The smallest absolute Gasteiger partial charge is 0.245 e. The Morgan fingerprint density at radius 1 is 1.19 bits per heavy atom. The van der Waals surface area contributed by atoms with E-state index in [-0.39, 0.29) is 23.9 Å². The van der Waals surface area contributed by atoms with E-state index in [1.807, 2.05) is 18.2 Å². The van der Waals surface area contributed by atoms with Crippen LogP contribution in [0.5, 0.6) is 0 Å². The number of benzene rings is 1. The molecule has 0 spiro atoms. The standard InChI is InChI=1S/C16H21N3O2/c1-12-16(21)19-10-9-18(11-14(19)15(20)17-12)8-7-13-5-3-2-4-6-13/h2-6,12,14H,7-11H2,1H3,(H,17,20)/t12-,14+/m0/s1. The maximum atomic E-state index is 12.1. The normalized spacial score (nSPS) is 26.4. The molecule has 3 rings (SSSR count). The number of nitrogens with zero attached hydrogens (tertiary/aromatic N) is 2. The molecular weight excluding hydrogens is 266 g/mol. The summed E-state index contributed by atoms with van der Waals surface area (Å²) in [6.07, 6.45) is 0.972. The van der Waals surface area contributed by atoms with Crippen LogP contribution < -0.4 is 5.32 Å². The fourth-order valence-electron chi connectivity index (χ4n) is 3.08. The first kappa shape index (κ1) is 14.1. The number of nitrogens with one attached hydrogen (secondary N) is 1. The molecule has 0 aromatic heterocycles. The number of carbonyl (C=O) groups excluding carboxylic acids is 2. The van der Waals surface area contributed by atoms with E-state index in [1.165, 1.54) is 5.56 Å². The van der Waals surface area contributed by atoms with Crippen LogP contribution in [0.2, 0.25) is 0 Å². The average molecular weight is 287 g/mol. The molecule has 21 heavy (non-hydrogen) atoms. The van der Waals surface area contributed by atoms with Gasteiger partial charge in [0.25, 0.3) is 0 Å². The van der Waals surface area contributed by atoms with Gasteiger partial charge in [0.05, 0.1) is 0 Å². The van der Waals surface area contributed by atoms with E-state index in [0.29, 0.717) is 13.1 Å². The zero-order valence-corrected chi connectivity index (χ0v) is 12.3. The van der Waals surface area contributed by atoms with E-state index in [0.717, 1.165) is 19.5 Å². The predicted octanol–water partition coefficient (Wildman–Crippen LogP) is 0.260. The molecule has 5 heteroatoms. The molecule has 2 heterocycles. The maximum absolute atomic E-state index is 12.1. The number of piperazine rings is 2. The summed E-state index contributed by atoms with van der Waals surface area (Å²) in [5.74, 6) is 0.0221. The van der Waals surface area contributed by atoms with Gasteiger partial charge in [0.1, 0.15) is 12.1 Å². The van der Waals surface area contributed by atoms with Crippen LogP contribution in [0.15, 0.2) is 30.3 Å². The van der Waals surface area contributed by atoms with Gasteiger partial charge in [-0.15, -0.1) is 0 Å². The monoisotopic (exact) mass is 287 g/mol. The van der Waals surface area contributed by atoms with Crippen LogP contribution in [0, 0.1) is 0 Å². The highest BCUT2D eigenvalue weighted by atomic mass is 16.2. The first-order chi connectivity index (χ1) is 10.1. The minimum atomic E-state index is -0.385. The Bertz CT molecular complexity index is 532. The second-order valence-corrected chi connectivity index (χ2v) is 5.81. The molecule has 5 nitrogen and oxygen atoms in total. The third-order valence-corrected chi connectivity index (χ3v) is 4.34. The lowest BCUT2D eigenvalue weighted by Gasteiger charge is -2.44. The Morgan fingerprint density at radius 3 is 2.71 bits per heavy atom. The van der Waals surface area contributed by atoms with Crippen molar-refractivity contribution >= 4 is 11.8 Å². The van der Waals surface area contributed by atoms with E-state index < -0.39 is 0 Å². The lowest BCUT2D eigenvalue weighted by molar-refractivity contribution is -0.152. The topological polar surface area (TPSA) is 52.7 Å². The van der Waals surface area contributed by atoms with Crippen LogP contribution in [-0.4, -0.2) is 59.9 Å². The first-order valence-corrected chi connectivity index (χ1v) is 7.52.